The number of ether oxygens (including phenoxy) is 1. The van der Waals surface area contributed by atoms with Crippen LogP contribution in [0.25, 0.3) is 22.2 Å². The standard InChI is InChI=1S/C21H21NO3/c1-3-4-6-14-9-10-19-17(11-14)18(21(23)24)13-20(22-19)15-7-5-8-16(12-15)25-2/h5,7-13H,3-4,6H2,1-2H3,(H,23,24). The zero-order valence-electron chi connectivity index (χ0n) is 14.5. The Labute approximate surface area is 147 Å². The van der Waals surface area contributed by atoms with Gasteiger partial charge in [0.05, 0.1) is 23.9 Å². The van der Waals surface area contributed by atoms with Crippen LogP contribution in [0.3, 0.4) is 0 Å². The minimum absolute atomic E-state index is 0.279. The van der Waals surface area contributed by atoms with Crippen LogP contribution < -0.4 is 4.74 Å². The summed E-state index contributed by atoms with van der Waals surface area (Å²) < 4.78 is 5.25. The number of hydrogen-bond acceptors (Lipinski definition) is 3. The van der Waals surface area contributed by atoms with Crippen LogP contribution in [0.15, 0.2) is 48.5 Å². The number of fused-ring (bicyclic) bond motifs is 1. The quantitative estimate of drug-likeness (QED) is 0.692. The van der Waals surface area contributed by atoms with Gasteiger partial charge in [0.15, 0.2) is 0 Å². The van der Waals surface area contributed by atoms with Crippen LogP contribution in [0.1, 0.15) is 35.7 Å². The maximum atomic E-state index is 11.8. The maximum Gasteiger partial charge on any atom is 0.336 e. The second-order valence-corrected chi connectivity index (χ2v) is 6.05. The summed E-state index contributed by atoms with van der Waals surface area (Å²) in [5.41, 5.74) is 3.58. The SMILES string of the molecule is CCCCc1ccc2nc(-c3cccc(OC)c3)cc(C(=O)O)c2c1. The molecule has 0 saturated heterocycles. The van der Waals surface area contributed by atoms with E-state index in [1.165, 1.54) is 0 Å². The number of methoxy groups -OCH3 is 1. The van der Waals surface area contributed by atoms with E-state index < -0.39 is 5.97 Å². The van der Waals surface area contributed by atoms with Crippen molar-refractivity contribution in [3.8, 4) is 17.0 Å². The number of nitrogens with zero attached hydrogens (tertiary/aromatic N) is 1. The van der Waals surface area contributed by atoms with Crippen molar-refractivity contribution in [1.29, 1.82) is 0 Å². The minimum atomic E-state index is -0.941. The van der Waals surface area contributed by atoms with Gasteiger partial charge in [-0.2, -0.15) is 0 Å². The van der Waals surface area contributed by atoms with Gasteiger partial charge in [-0.15, -0.1) is 0 Å². The second-order valence-electron chi connectivity index (χ2n) is 6.05. The molecule has 3 rings (SSSR count). The number of rotatable bonds is 6. The second kappa shape index (κ2) is 7.34. The minimum Gasteiger partial charge on any atom is -0.497 e. The fraction of sp³-hybridized carbons (Fsp3) is 0.238. The molecule has 3 aromatic rings. The monoisotopic (exact) mass is 335 g/mol. The number of hydrogen-bond donors (Lipinski definition) is 1. The number of carboxylic acid groups (broad SMARTS) is 1. The highest BCUT2D eigenvalue weighted by Gasteiger charge is 2.14. The molecule has 25 heavy (non-hydrogen) atoms. The van der Waals surface area contributed by atoms with Crippen molar-refractivity contribution in [2.75, 3.05) is 7.11 Å². The Hall–Kier alpha value is -2.88. The lowest BCUT2D eigenvalue weighted by molar-refractivity contribution is 0.0699. The highest BCUT2D eigenvalue weighted by molar-refractivity contribution is 6.04. The Morgan fingerprint density at radius 3 is 2.72 bits per heavy atom. The highest BCUT2D eigenvalue weighted by Crippen LogP contribution is 2.28. The molecule has 0 bridgehead atoms. The van der Waals surface area contributed by atoms with E-state index in [2.05, 4.69) is 11.9 Å². The van der Waals surface area contributed by atoms with E-state index in [1.54, 1.807) is 13.2 Å². The fourth-order valence-electron chi connectivity index (χ4n) is 2.92. The normalized spacial score (nSPS) is 10.8. The highest BCUT2D eigenvalue weighted by atomic mass is 16.5. The van der Waals surface area contributed by atoms with Gasteiger partial charge in [-0.3, -0.25) is 0 Å². The summed E-state index contributed by atoms with van der Waals surface area (Å²) >= 11 is 0. The molecule has 0 fully saturated rings. The molecule has 0 aliphatic heterocycles. The number of aromatic nitrogens is 1. The lowest BCUT2D eigenvalue weighted by Crippen LogP contribution is -2.01. The van der Waals surface area contributed by atoms with Crippen molar-refractivity contribution in [1.82, 2.24) is 4.98 Å². The zero-order valence-corrected chi connectivity index (χ0v) is 14.5. The first kappa shape index (κ1) is 17.0. The molecule has 1 aromatic heterocycles. The Balaban J connectivity index is 2.14. The summed E-state index contributed by atoms with van der Waals surface area (Å²) in [4.78, 5) is 16.5. The molecular weight excluding hydrogens is 314 g/mol. The lowest BCUT2D eigenvalue weighted by Gasteiger charge is -2.10. The Morgan fingerprint density at radius 1 is 1.16 bits per heavy atom. The molecule has 0 aliphatic carbocycles. The molecule has 4 heteroatoms. The largest absolute Gasteiger partial charge is 0.497 e. The summed E-state index contributed by atoms with van der Waals surface area (Å²) in [6, 6.07) is 15.0. The van der Waals surface area contributed by atoms with Crippen molar-refractivity contribution >= 4 is 16.9 Å². The van der Waals surface area contributed by atoms with Crippen LogP contribution in [-0.4, -0.2) is 23.2 Å². The first-order valence-electron chi connectivity index (χ1n) is 8.43. The lowest BCUT2D eigenvalue weighted by atomic mass is 10.0. The third-order valence-electron chi connectivity index (χ3n) is 4.29. The van der Waals surface area contributed by atoms with Crippen LogP contribution in [0.2, 0.25) is 0 Å². The first-order valence-corrected chi connectivity index (χ1v) is 8.43. The van der Waals surface area contributed by atoms with Crippen LogP contribution in [0.4, 0.5) is 0 Å². The van der Waals surface area contributed by atoms with Crippen molar-refractivity contribution in [3.05, 3.63) is 59.7 Å². The Morgan fingerprint density at radius 2 is 2.00 bits per heavy atom. The predicted octanol–water partition coefficient (Wildman–Crippen LogP) is 4.95. The predicted molar refractivity (Wildman–Crippen MR) is 99.3 cm³/mol. The van der Waals surface area contributed by atoms with Crippen molar-refractivity contribution in [3.63, 3.8) is 0 Å². The third kappa shape index (κ3) is 3.63. The first-order chi connectivity index (χ1) is 12.1. The molecule has 0 unspecified atom stereocenters. The van der Waals surface area contributed by atoms with Crippen molar-refractivity contribution in [2.24, 2.45) is 0 Å². The molecule has 1 heterocycles. The van der Waals surface area contributed by atoms with E-state index in [0.717, 1.165) is 30.4 Å². The summed E-state index contributed by atoms with van der Waals surface area (Å²) in [7, 11) is 1.60. The van der Waals surface area contributed by atoms with Gasteiger partial charge in [-0.05, 0) is 48.7 Å². The van der Waals surface area contributed by atoms with E-state index in [0.29, 0.717) is 22.3 Å². The van der Waals surface area contributed by atoms with E-state index in [9.17, 15) is 9.90 Å². The van der Waals surface area contributed by atoms with Gasteiger partial charge in [0.1, 0.15) is 5.75 Å². The maximum absolute atomic E-state index is 11.8. The van der Waals surface area contributed by atoms with E-state index in [4.69, 9.17) is 4.74 Å². The average Bonchev–Trinajstić information content (AvgIpc) is 2.65. The summed E-state index contributed by atoms with van der Waals surface area (Å²) in [6.07, 6.45) is 3.14. The third-order valence-corrected chi connectivity index (χ3v) is 4.29. The number of benzene rings is 2. The fourth-order valence-corrected chi connectivity index (χ4v) is 2.92. The Kier molecular flexibility index (Phi) is 4.98. The molecule has 4 nitrogen and oxygen atoms in total. The van der Waals surface area contributed by atoms with Gasteiger partial charge in [0.2, 0.25) is 0 Å². The summed E-state index contributed by atoms with van der Waals surface area (Å²) in [5.74, 6) is -0.227. The topological polar surface area (TPSA) is 59.4 Å². The number of unbranched alkanes of at least 4 members (excludes halogenated alkanes) is 1. The van der Waals surface area contributed by atoms with Gasteiger partial charge in [-0.1, -0.05) is 31.5 Å². The number of pyridine rings is 1. The number of carbonyl (C=O) groups is 1. The molecule has 0 spiro atoms. The van der Waals surface area contributed by atoms with Crippen LogP contribution >= 0.6 is 0 Å². The Bertz CT molecular complexity index is 918. The molecule has 0 atom stereocenters. The molecular formula is C21H21NO3. The van der Waals surface area contributed by atoms with Gasteiger partial charge >= 0.3 is 5.97 Å². The molecule has 1 N–H and O–H groups in total. The van der Waals surface area contributed by atoms with Crippen LogP contribution in [0, 0.1) is 0 Å². The molecule has 0 aliphatic rings. The molecule has 0 saturated carbocycles. The smallest absolute Gasteiger partial charge is 0.336 e. The van der Waals surface area contributed by atoms with Gasteiger partial charge < -0.3 is 9.84 Å². The van der Waals surface area contributed by atoms with Crippen LogP contribution in [0.5, 0.6) is 5.75 Å². The molecule has 0 amide bonds. The van der Waals surface area contributed by atoms with Gasteiger partial charge in [0, 0.05) is 10.9 Å². The van der Waals surface area contributed by atoms with Crippen molar-refractivity contribution in [2.45, 2.75) is 26.2 Å². The molecule has 2 aromatic carbocycles. The van der Waals surface area contributed by atoms with E-state index in [1.807, 2.05) is 42.5 Å². The van der Waals surface area contributed by atoms with E-state index >= 15 is 0 Å². The van der Waals surface area contributed by atoms with Gasteiger partial charge in [-0.25, -0.2) is 9.78 Å². The zero-order chi connectivity index (χ0) is 17.8. The summed E-state index contributed by atoms with van der Waals surface area (Å²) in [5, 5.41) is 10.4. The van der Waals surface area contributed by atoms with Crippen molar-refractivity contribution < 1.29 is 14.6 Å². The summed E-state index contributed by atoms with van der Waals surface area (Å²) in [6.45, 7) is 2.14. The number of aromatic carboxylic acids is 1. The van der Waals surface area contributed by atoms with Crippen LogP contribution in [-0.2, 0) is 6.42 Å². The van der Waals surface area contributed by atoms with E-state index in [-0.39, 0.29) is 5.56 Å². The molecule has 128 valence electrons. The average molecular weight is 335 g/mol. The number of carboxylic acids is 1. The molecule has 0 radical (unpaired) electrons. The number of aryl methyl sites for hydroxylation is 1. The van der Waals surface area contributed by atoms with Gasteiger partial charge in [0.25, 0.3) is 0 Å².